The van der Waals surface area contributed by atoms with Crippen molar-refractivity contribution in [3.8, 4) is 0 Å². The standard InChI is InChI=1S/C19H16BrN5O3S/c1-29-14-4-2-3-12(9-14)21-15(26)10-24-17-16(22-23-24)18(27)25(19(17)28)13-7-5-11(20)6-8-13/h2-9,16-17H,10H2,1H3,(H,21,26)/t16-,17-/m1/s1. The Morgan fingerprint density at radius 2 is 1.93 bits per heavy atom. The molecule has 2 aromatic rings. The molecule has 0 radical (unpaired) electrons. The lowest BCUT2D eigenvalue weighted by Crippen LogP contribution is -2.43. The van der Waals surface area contributed by atoms with Crippen molar-refractivity contribution < 1.29 is 14.4 Å². The van der Waals surface area contributed by atoms with Crippen LogP contribution >= 0.6 is 27.7 Å². The summed E-state index contributed by atoms with van der Waals surface area (Å²) in [6.07, 6.45) is 1.95. The molecule has 2 aliphatic rings. The highest BCUT2D eigenvalue weighted by molar-refractivity contribution is 9.10. The minimum absolute atomic E-state index is 0.179. The van der Waals surface area contributed by atoms with Gasteiger partial charge >= 0.3 is 0 Å². The molecule has 4 rings (SSSR count). The molecule has 3 amide bonds. The van der Waals surface area contributed by atoms with Crippen molar-refractivity contribution in [1.29, 1.82) is 0 Å². The van der Waals surface area contributed by atoms with Gasteiger partial charge in [-0.15, -0.1) is 11.8 Å². The summed E-state index contributed by atoms with van der Waals surface area (Å²) < 4.78 is 0.837. The fraction of sp³-hybridized carbons (Fsp3) is 0.211. The maximum atomic E-state index is 12.9. The van der Waals surface area contributed by atoms with Crippen molar-refractivity contribution in [1.82, 2.24) is 5.01 Å². The molecule has 1 N–H and O–H groups in total. The Morgan fingerprint density at radius 3 is 2.66 bits per heavy atom. The molecule has 2 aliphatic heterocycles. The van der Waals surface area contributed by atoms with Crippen LogP contribution in [-0.4, -0.2) is 47.6 Å². The molecule has 2 atom stereocenters. The lowest BCUT2D eigenvalue weighted by molar-refractivity contribution is -0.123. The summed E-state index contributed by atoms with van der Waals surface area (Å²) in [5.41, 5.74) is 1.12. The molecule has 0 unspecified atom stereocenters. The second-order valence-electron chi connectivity index (χ2n) is 6.46. The first-order valence-corrected chi connectivity index (χ1v) is 10.7. The molecule has 0 aliphatic carbocycles. The highest BCUT2D eigenvalue weighted by Gasteiger charge is 2.55. The number of hydrogen-bond donors (Lipinski definition) is 1. The predicted molar refractivity (Wildman–Crippen MR) is 113 cm³/mol. The third-order valence-corrected chi connectivity index (χ3v) is 5.86. The second kappa shape index (κ2) is 7.96. The van der Waals surface area contributed by atoms with E-state index in [0.29, 0.717) is 11.4 Å². The minimum Gasteiger partial charge on any atom is -0.324 e. The number of fused-ring (bicyclic) bond motifs is 1. The number of nitrogens with one attached hydrogen (secondary N) is 1. The van der Waals surface area contributed by atoms with Crippen LogP contribution in [0.4, 0.5) is 11.4 Å². The van der Waals surface area contributed by atoms with Gasteiger partial charge in [0.1, 0.15) is 6.54 Å². The number of halogens is 1. The van der Waals surface area contributed by atoms with Gasteiger partial charge < -0.3 is 5.32 Å². The molecule has 0 aromatic heterocycles. The van der Waals surface area contributed by atoms with E-state index < -0.39 is 23.9 Å². The van der Waals surface area contributed by atoms with E-state index in [1.807, 2.05) is 24.5 Å². The van der Waals surface area contributed by atoms with Crippen LogP contribution in [0.15, 0.2) is 68.2 Å². The fourth-order valence-electron chi connectivity index (χ4n) is 3.25. The SMILES string of the molecule is CSc1cccc(NC(=O)CN2N=N[C@H]3C(=O)N(c4ccc(Br)cc4)C(=O)[C@@H]32)c1. The van der Waals surface area contributed by atoms with E-state index in [0.717, 1.165) is 14.3 Å². The number of thioether (sulfide) groups is 1. The minimum atomic E-state index is -0.932. The van der Waals surface area contributed by atoms with Gasteiger partial charge in [-0.3, -0.25) is 19.4 Å². The summed E-state index contributed by atoms with van der Waals surface area (Å²) in [5.74, 6) is -1.23. The first-order valence-electron chi connectivity index (χ1n) is 8.72. The third kappa shape index (κ3) is 3.77. The van der Waals surface area contributed by atoms with E-state index in [1.54, 1.807) is 42.1 Å². The number of nitrogens with zero attached hydrogens (tertiary/aromatic N) is 4. The summed E-state index contributed by atoms with van der Waals surface area (Å²) in [6, 6.07) is 12.4. The molecule has 0 bridgehead atoms. The van der Waals surface area contributed by atoms with E-state index in [4.69, 9.17) is 0 Å². The van der Waals surface area contributed by atoms with Crippen molar-refractivity contribution >= 4 is 56.8 Å². The van der Waals surface area contributed by atoms with Crippen molar-refractivity contribution in [3.63, 3.8) is 0 Å². The van der Waals surface area contributed by atoms with E-state index in [9.17, 15) is 14.4 Å². The Bertz CT molecular complexity index is 1010. The number of rotatable bonds is 5. The van der Waals surface area contributed by atoms with Crippen molar-refractivity contribution in [2.24, 2.45) is 10.3 Å². The van der Waals surface area contributed by atoms with Gasteiger partial charge in [0.2, 0.25) is 5.91 Å². The van der Waals surface area contributed by atoms with Crippen LogP contribution in [0.3, 0.4) is 0 Å². The van der Waals surface area contributed by atoms with E-state index in [-0.39, 0.29) is 12.5 Å². The Hall–Kier alpha value is -2.72. The number of imide groups is 1. The molecule has 2 heterocycles. The number of amides is 3. The van der Waals surface area contributed by atoms with Crippen molar-refractivity contribution in [2.75, 3.05) is 23.0 Å². The predicted octanol–water partition coefficient (Wildman–Crippen LogP) is 3.10. The van der Waals surface area contributed by atoms with Gasteiger partial charge in [0.15, 0.2) is 12.1 Å². The number of carbonyl (C=O) groups is 3. The molecule has 10 heteroatoms. The van der Waals surface area contributed by atoms with Crippen LogP contribution in [0, 0.1) is 0 Å². The van der Waals surface area contributed by atoms with Gasteiger partial charge in [-0.05, 0) is 48.7 Å². The molecule has 2 aromatic carbocycles. The average molecular weight is 474 g/mol. The maximum Gasteiger partial charge on any atom is 0.263 e. The quantitative estimate of drug-likeness (QED) is 0.531. The molecule has 0 spiro atoms. The van der Waals surface area contributed by atoms with Crippen LogP contribution in [-0.2, 0) is 14.4 Å². The fourth-order valence-corrected chi connectivity index (χ4v) is 3.97. The zero-order valence-corrected chi connectivity index (χ0v) is 17.7. The van der Waals surface area contributed by atoms with E-state index >= 15 is 0 Å². The van der Waals surface area contributed by atoms with Gasteiger partial charge in [0, 0.05) is 15.1 Å². The summed E-state index contributed by atoms with van der Waals surface area (Å²) >= 11 is 4.90. The van der Waals surface area contributed by atoms with Crippen LogP contribution < -0.4 is 10.2 Å². The molecule has 1 fully saturated rings. The van der Waals surface area contributed by atoms with Crippen LogP contribution in [0.25, 0.3) is 0 Å². The van der Waals surface area contributed by atoms with E-state index in [1.165, 1.54) is 5.01 Å². The second-order valence-corrected chi connectivity index (χ2v) is 8.26. The van der Waals surface area contributed by atoms with Crippen molar-refractivity contribution in [2.45, 2.75) is 17.0 Å². The lowest BCUT2D eigenvalue weighted by Gasteiger charge is -2.20. The van der Waals surface area contributed by atoms with Crippen LogP contribution in [0.2, 0.25) is 0 Å². The Morgan fingerprint density at radius 1 is 1.17 bits per heavy atom. The van der Waals surface area contributed by atoms with Gasteiger partial charge in [0.05, 0.1) is 5.69 Å². The number of hydrogen-bond acceptors (Lipinski definition) is 7. The van der Waals surface area contributed by atoms with Crippen LogP contribution in [0.1, 0.15) is 0 Å². The zero-order valence-electron chi connectivity index (χ0n) is 15.3. The Balaban J connectivity index is 1.47. The number of anilines is 2. The largest absolute Gasteiger partial charge is 0.324 e. The highest BCUT2D eigenvalue weighted by atomic mass is 79.9. The smallest absolute Gasteiger partial charge is 0.263 e. The van der Waals surface area contributed by atoms with E-state index in [2.05, 4.69) is 31.6 Å². The van der Waals surface area contributed by atoms with Gasteiger partial charge in [-0.2, -0.15) is 5.11 Å². The molecular weight excluding hydrogens is 458 g/mol. The summed E-state index contributed by atoms with van der Waals surface area (Å²) in [7, 11) is 0. The number of benzene rings is 2. The summed E-state index contributed by atoms with van der Waals surface area (Å²) in [6.45, 7) is -0.179. The Kier molecular flexibility index (Phi) is 5.37. The van der Waals surface area contributed by atoms with Gasteiger partial charge in [-0.1, -0.05) is 27.2 Å². The molecule has 0 saturated carbocycles. The maximum absolute atomic E-state index is 12.9. The van der Waals surface area contributed by atoms with Crippen molar-refractivity contribution in [3.05, 3.63) is 53.0 Å². The molecule has 8 nitrogen and oxygen atoms in total. The monoisotopic (exact) mass is 473 g/mol. The topological polar surface area (TPSA) is 94.4 Å². The van der Waals surface area contributed by atoms with Gasteiger partial charge in [-0.25, -0.2) is 4.90 Å². The molecule has 29 heavy (non-hydrogen) atoms. The molecule has 148 valence electrons. The molecule has 1 saturated heterocycles. The highest BCUT2D eigenvalue weighted by Crippen LogP contribution is 2.32. The lowest BCUT2D eigenvalue weighted by atomic mass is 10.1. The summed E-state index contributed by atoms with van der Waals surface area (Å²) in [4.78, 5) is 40.2. The van der Waals surface area contributed by atoms with Crippen LogP contribution in [0.5, 0.6) is 0 Å². The zero-order chi connectivity index (χ0) is 20.5. The normalized spacial score (nSPS) is 20.3. The third-order valence-electron chi connectivity index (χ3n) is 4.60. The first-order chi connectivity index (χ1) is 14.0. The van der Waals surface area contributed by atoms with Gasteiger partial charge in [0.25, 0.3) is 11.8 Å². The average Bonchev–Trinajstić information content (AvgIpc) is 3.23. The Labute approximate surface area is 179 Å². The number of carbonyl (C=O) groups excluding carboxylic acids is 3. The first kappa shape index (κ1) is 19.6. The summed E-state index contributed by atoms with van der Waals surface area (Å²) in [5, 5.41) is 11.9. The molecular formula is C19H16BrN5O3S.